The molecule has 0 radical (unpaired) electrons. The predicted octanol–water partition coefficient (Wildman–Crippen LogP) is 2.83. The van der Waals surface area contributed by atoms with Crippen molar-refractivity contribution in [2.75, 3.05) is 11.9 Å². The van der Waals surface area contributed by atoms with E-state index in [9.17, 15) is 0 Å². The molecule has 0 spiro atoms. The summed E-state index contributed by atoms with van der Waals surface area (Å²) in [5.74, 6) is 0.766. The first-order valence-electron chi connectivity index (χ1n) is 4.64. The van der Waals surface area contributed by atoms with Crippen LogP contribution in [0.2, 0.25) is 0 Å². The minimum Gasteiger partial charge on any atom is -0.354 e. The topological polar surface area (TPSA) is 38.1 Å². The van der Waals surface area contributed by atoms with E-state index >= 15 is 0 Å². The lowest BCUT2D eigenvalue weighted by atomic mass is 9.92. The van der Waals surface area contributed by atoms with E-state index in [0.29, 0.717) is 5.41 Å². The lowest BCUT2D eigenvalue weighted by molar-refractivity contribution is 0.383. The summed E-state index contributed by atoms with van der Waals surface area (Å²) in [7, 11) is 0. The summed E-state index contributed by atoms with van der Waals surface area (Å²) in [5.41, 5.74) is 1.28. The van der Waals surface area contributed by atoms with Crippen LogP contribution in [-0.4, -0.2) is 11.7 Å². The van der Waals surface area contributed by atoms with Crippen molar-refractivity contribution in [3.63, 3.8) is 0 Å². The van der Waals surface area contributed by atoms with E-state index in [4.69, 9.17) is 4.52 Å². The van der Waals surface area contributed by atoms with Crippen molar-refractivity contribution in [2.45, 2.75) is 34.1 Å². The Labute approximate surface area is 79.5 Å². The third kappa shape index (κ3) is 3.97. The molecule has 0 atom stereocenters. The van der Waals surface area contributed by atoms with Gasteiger partial charge in [0.2, 0.25) is 5.88 Å². The van der Waals surface area contributed by atoms with Gasteiger partial charge in [-0.2, -0.15) is 0 Å². The highest BCUT2D eigenvalue weighted by atomic mass is 16.5. The molecule has 0 fully saturated rings. The van der Waals surface area contributed by atoms with Crippen LogP contribution in [0, 0.1) is 12.3 Å². The van der Waals surface area contributed by atoms with E-state index in [0.717, 1.165) is 24.5 Å². The van der Waals surface area contributed by atoms with Gasteiger partial charge in [0.05, 0.1) is 5.69 Å². The molecule has 0 saturated carbocycles. The first-order chi connectivity index (χ1) is 5.97. The zero-order chi connectivity index (χ0) is 9.90. The molecular weight excluding hydrogens is 164 g/mol. The van der Waals surface area contributed by atoms with Gasteiger partial charge in [-0.3, -0.25) is 0 Å². The molecule has 3 nitrogen and oxygen atoms in total. The van der Waals surface area contributed by atoms with Crippen LogP contribution >= 0.6 is 0 Å². The smallest absolute Gasteiger partial charge is 0.224 e. The summed E-state index contributed by atoms with van der Waals surface area (Å²) < 4.78 is 5.02. The zero-order valence-electron chi connectivity index (χ0n) is 8.85. The van der Waals surface area contributed by atoms with Crippen LogP contribution < -0.4 is 5.32 Å². The average Bonchev–Trinajstić information content (AvgIpc) is 2.33. The number of anilines is 1. The largest absolute Gasteiger partial charge is 0.354 e. The standard InChI is InChI=1S/C10H18N2O/c1-8-7-9(13-12-8)11-6-5-10(2,3)4/h7,11H,5-6H2,1-4H3. The van der Waals surface area contributed by atoms with Gasteiger partial charge >= 0.3 is 0 Å². The molecule has 1 heterocycles. The Kier molecular flexibility index (Phi) is 2.96. The highest BCUT2D eigenvalue weighted by molar-refractivity contribution is 5.30. The zero-order valence-corrected chi connectivity index (χ0v) is 8.85. The highest BCUT2D eigenvalue weighted by Gasteiger charge is 2.09. The Balaban J connectivity index is 2.28. The Morgan fingerprint density at radius 1 is 1.46 bits per heavy atom. The van der Waals surface area contributed by atoms with Gasteiger partial charge in [-0.25, -0.2) is 0 Å². The molecule has 13 heavy (non-hydrogen) atoms. The number of aryl methyl sites for hydroxylation is 1. The Morgan fingerprint density at radius 3 is 2.62 bits per heavy atom. The fourth-order valence-electron chi connectivity index (χ4n) is 1.01. The van der Waals surface area contributed by atoms with E-state index < -0.39 is 0 Å². The number of hydrogen-bond acceptors (Lipinski definition) is 3. The van der Waals surface area contributed by atoms with E-state index in [1.807, 2.05) is 13.0 Å². The van der Waals surface area contributed by atoms with Crippen LogP contribution in [0.5, 0.6) is 0 Å². The van der Waals surface area contributed by atoms with Crippen molar-refractivity contribution in [1.29, 1.82) is 0 Å². The molecule has 0 bridgehead atoms. The van der Waals surface area contributed by atoms with Crippen molar-refractivity contribution < 1.29 is 4.52 Å². The fraction of sp³-hybridized carbons (Fsp3) is 0.700. The second-order valence-electron chi connectivity index (χ2n) is 4.57. The first-order valence-corrected chi connectivity index (χ1v) is 4.64. The SMILES string of the molecule is Cc1cc(NCCC(C)(C)C)on1. The molecular formula is C10H18N2O. The fourth-order valence-corrected chi connectivity index (χ4v) is 1.01. The van der Waals surface area contributed by atoms with Crippen molar-refractivity contribution in [2.24, 2.45) is 5.41 Å². The molecule has 0 aliphatic heterocycles. The number of hydrogen-bond donors (Lipinski definition) is 1. The monoisotopic (exact) mass is 182 g/mol. The lowest BCUT2D eigenvalue weighted by Crippen LogP contribution is -2.12. The highest BCUT2D eigenvalue weighted by Crippen LogP contribution is 2.18. The number of nitrogens with one attached hydrogen (secondary N) is 1. The summed E-state index contributed by atoms with van der Waals surface area (Å²) in [6, 6.07) is 1.91. The Morgan fingerprint density at radius 2 is 2.15 bits per heavy atom. The van der Waals surface area contributed by atoms with E-state index in [1.165, 1.54) is 0 Å². The van der Waals surface area contributed by atoms with Gasteiger partial charge in [0.1, 0.15) is 0 Å². The van der Waals surface area contributed by atoms with Crippen molar-refractivity contribution in [3.8, 4) is 0 Å². The minimum absolute atomic E-state index is 0.363. The van der Waals surface area contributed by atoms with Gasteiger partial charge in [0.25, 0.3) is 0 Å². The molecule has 1 N–H and O–H groups in total. The van der Waals surface area contributed by atoms with Gasteiger partial charge in [-0.1, -0.05) is 25.9 Å². The second-order valence-corrected chi connectivity index (χ2v) is 4.57. The second kappa shape index (κ2) is 3.81. The van der Waals surface area contributed by atoms with Crippen LogP contribution in [0.4, 0.5) is 5.88 Å². The number of aromatic nitrogens is 1. The summed E-state index contributed by atoms with van der Waals surface area (Å²) in [6.07, 6.45) is 1.12. The van der Waals surface area contributed by atoms with E-state index in [1.54, 1.807) is 0 Å². The number of rotatable bonds is 3. The average molecular weight is 182 g/mol. The Hall–Kier alpha value is -0.990. The molecule has 0 aliphatic carbocycles. The Bertz CT molecular complexity index is 260. The van der Waals surface area contributed by atoms with Crippen LogP contribution in [0.15, 0.2) is 10.6 Å². The minimum atomic E-state index is 0.363. The summed E-state index contributed by atoms with van der Waals surface area (Å²) in [5, 5.41) is 6.99. The summed E-state index contributed by atoms with van der Waals surface area (Å²) >= 11 is 0. The molecule has 3 heteroatoms. The molecule has 0 amide bonds. The molecule has 1 rings (SSSR count). The van der Waals surface area contributed by atoms with Crippen LogP contribution in [-0.2, 0) is 0 Å². The van der Waals surface area contributed by atoms with E-state index in [-0.39, 0.29) is 0 Å². The van der Waals surface area contributed by atoms with Crippen molar-refractivity contribution in [3.05, 3.63) is 11.8 Å². The lowest BCUT2D eigenvalue weighted by Gasteiger charge is -2.17. The third-order valence-electron chi connectivity index (χ3n) is 1.80. The molecule has 74 valence electrons. The van der Waals surface area contributed by atoms with Gasteiger partial charge < -0.3 is 9.84 Å². The normalized spacial score (nSPS) is 11.7. The molecule has 1 aromatic rings. The maximum Gasteiger partial charge on any atom is 0.224 e. The molecule has 0 unspecified atom stereocenters. The van der Waals surface area contributed by atoms with Crippen LogP contribution in [0.3, 0.4) is 0 Å². The third-order valence-corrected chi connectivity index (χ3v) is 1.80. The number of nitrogens with zero attached hydrogens (tertiary/aromatic N) is 1. The molecule has 0 aliphatic rings. The quantitative estimate of drug-likeness (QED) is 0.781. The van der Waals surface area contributed by atoms with Gasteiger partial charge in [0.15, 0.2) is 0 Å². The van der Waals surface area contributed by atoms with Gasteiger partial charge in [-0.15, -0.1) is 0 Å². The van der Waals surface area contributed by atoms with Crippen molar-refractivity contribution in [1.82, 2.24) is 5.16 Å². The maximum atomic E-state index is 5.02. The van der Waals surface area contributed by atoms with Gasteiger partial charge in [-0.05, 0) is 18.8 Å². The first kappa shape index (κ1) is 10.1. The summed E-state index contributed by atoms with van der Waals surface area (Å²) in [4.78, 5) is 0. The molecule has 0 saturated heterocycles. The van der Waals surface area contributed by atoms with E-state index in [2.05, 4.69) is 31.2 Å². The van der Waals surface area contributed by atoms with Gasteiger partial charge in [0, 0.05) is 12.6 Å². The summed E-state index contributed by atoms with van der Waals surface area (Å²) in [6.45, 7) is 9.51. The molecule has 0 aromatic carbocycles. The maximum absolute atomic E-state index is 5.02. The predicted molar refractivity (Wildman–Crippen MR) is 53.8 cm³/mol. The van der Waals surface area contributed by atoms with Crippen LogP contribution in [0.1, 0.15) is 32.9 Å². The molecule has 1 aromatic heterocycles. The van der Waals surface area contributed by atoms with Crippen LogP contribution in [0.25, 0.3) is 0 Å². The van der Waals surface area contributed by atoms with Crippen molar-refractivity contribution >= 4 is 5.88 Å².